The first kappa shape index (κ1) is 31.5. The van der Waals surface area contributed by atoms with E-state index < -0.39 is 12.0 Å². The number of carbonyl (C=O) groups excluding carboxylic acids is 1. The summed E-state index contributed by atoms with van der Waals surface area (Å²) < 4.78 is 21.3. The predicted octanol–water partition coefficient (Wildman–Crippen LogP) is 6.95. The summed E-state index contributed by atoms with van der Waals surface area (Å²) in [5.74, 6) is 0.695. The molecule has 0 N–H and O–H groups in total. The number of esters is 1. The molecule has 3 aromatic carbocycles. The first-order valence-corrected chi connectivity index (χ1v) is 17.5. The van der Waals surface area contributed by atoms with Crippen LogP contribution in [0.4, 0.5) is 0 Å². The van der Waals surface area contributed by atoms with Crippen molar-refractivity contribution in [1.82, 2.24) is 4.57 Å². The second-order valence-corrected chi connectivity index (χ2v) is 14.0. The maximum absolute atomic E-state index is 14.1. The lowest BCUT2D eigenvalue weighted by molar-refractivity contribution is -0.138. The zero-order valence-corrected chi connectivity index (χ0v) is 29.5. The van der Waals surface area contributed by atoms with Crippen molar-refractivity contribution in [3.63, 3.8) is 0 Å². The summed E-state index contributed by atoms with van der Waals surface area (Å²) in [6.45, 7) is 2.35. The van der Waals surface area contributed by atoms with Crippen molar-refractivity contribution in [3.8, 4) is 11.5 Å². The Balaban J connectivity index is 1.46. The summed E-state index contributed by atoms with van der Waals surface area (Å²) in [5.41, 5.74) is 3.18. The number of thiophene rings is 1. The summed E-state index contributed by atoms with van der Waals surface area (Å²) in [5, 5.41) is 1.94. The van der Waals surface area contributed by atoms with Gasteiger partial charge in [0.25, 0.3) is 5.56 Å². The monoisotopic (exact) mass is 812 g/mol. The van der Waals surface area contributed by atoms with E-state index in [4.69, 9.17) is 19.2 Å². The molecule has 1 aliphatic heterocycles. The number of nitrogens with zero attached hydrogens (tertiary/aromatic N) is 2. The van der Waals surface area contributed by atoms with E-state index in [2.05, 4.69) is 38.5 Å². The predicted molar refractivity (Wildman–Crippen MR) is 190 cm³/mol. The fraction of sp³-hybridized carbons (Fsp3) is 0.147. The first-order valence-electron chi connectivity index (χ1n) is 13.9. The molecule has 0 radical (unpaired) electrons. The minimum absolute atomic E-state index is 0.204. The van der Waals surface area contributed by atoms with Crippen LogP contribution in [0.15, 0.2) is 104 Å². The Morgan fingerprint density at radius 3 is 2.56 bits per heavy atom. The molecule has 0 saturated heterocycles. The number of rotatable bonds is 9. The van der Waals surface area contributed by atoms with Crippen molar-refractivity contribution in [1.29, 1.82) is 0 Å². The van der Waals surface area contributed by atoms with Crippen LogP contribution >= 0.6 is 61.2 Å². The summed E-state index contributed by atoms with van der Waals surface area (Å²) in [6, 6.07) is 24.4. The number of ether oxygens (including phenoxy) is 3. The Morgan fingerprint density at radius 1 is 1.09 bits per heavy atom. The smallest absolute Gasteiger partial charge is 0.338 e. The molecule has 0 spiro atoms. The Labute approximate surface area is 289 Å². The molecule has 45 heavy (non-hydrogen) atoms. The highest BCUT2D eigenvalue weighted by Crippen LogP contribution is 2.37. The van der Waals surface area contributed by atoms with Crippen molar-refractivity contribution in [2.45, 2.75) is 19.6 Å². The number of hydrogen-bond donors (Lipinski definition) is 0. The molecule has 0 unspecified atom stereocenters. The third-order valence-corrected chi connectivity index (χ3v) is 10.3. The van der Waals surface area contributed by atoms with Gasteiger partial charge >= 0.3 is 5.97 Å². The number of aromatic nitrogens is 1. The van der Waals surface area contributed by atoms with Gasteiger partial charge in [-0.05, 0) is 82.4 Å². The van der Waals surface area contributed by atoms with Gasteiger partial charge in [0.1, 0.15) is 12.6 Å². The van der Waals surface area contributed by atoms with Crippen LogP contribution in [0.3, 0.4) is 0 Å². The third kappa shape index (κ3) is 6.57. The van der Waals surface area contributed by atoms with Gasteiger partial charge in [0.05, 0.1) is 33.1 Å². The van der Waals surface area contributed by atoms with E-state index in [1.54, 1.807) is 18.6 Å². The maximum Gasteiger partial charge on any atom is 0.338 e. The molecule has 1 aliphatic rings. The highest BCUT2D eigenvalue weighted by atomic mass is 127. The first-order chi connectivity index (χ1) is 21.9. The van der Waals surface area contributed by atoms with Crippen LogP contribution in [-0.2, 0) is 16.1 Å². The third-order valence-electron chi connectivity index (χ3n) is 7.03. The topological polar surface area (TPSA) is 79.1 Å². The molecular weight excluding hydrogens is 787 g/mol. The van der Waals surface area contributed by atoms with Crippen LogP contribution in [0.5, 0.6) is 11.5 Å². The van der Waals surface area contributed by atoms with Crippen LogP contribution in [0, 0.1) is 3.57 Å². The van der Waals surface area contributed by atoms with Crippen LogP contribution in [-0.4, -0.2) is 24.3 Å². The zero-order valence-electron chi connectivity index (χ0n) is 24.2. The van der Waals surface area contributed by atoms with Gasteiger partial charge in [-0.3, -0.25) is 9.36 Å². The second-order valence-electron chi connectivity index (χ2n) is 9.90. The standard InChI is InChI=1S/C34H26BrIN2O5S2/c1-3-42-33(40)28-29(22-8-5-4-6-9-22)37-34-38(30(28)26-10-7-15-44-26)32(39)27(45-34)18-21-16-24(36)31(25(17-21)41-2)43-19-20-11-13-23(35)14-12-20/h4-18,30H,3,19H2,1-2H3/b27-18-/t30-/m0/s1. The average Bonchev–Trinajstić information content (AvgIpc) is 3.69. The Morgan fingerprint density at radius 2 is 1.87 bits per heavy atom. The Kier molecular flexibility index (Phi) is 9.69. The van der Waals surface area contributed by atoms with Crippen molar-refractivity contribution in [2.24, 2.45) is 4.99 Å². The van der Waals surface area contributed by atoms with Crippen LogP contribution in [0.25, 0.3) is 11.8 Å². The minimum Gasteiger partial charge on any atom is -0.493 e. The summed E-state index contributed by atoms with van der Waals surface area (Å²) >= 11 is 8.45. The van der Waals surface area contributed by atoms with E-state index in [1.807, 2.05) is 90.3 Å². The van der Waals surface area contributed by atoms with Crippen molar-refractivity contribution >= 4 is 78.9 Å². The number of carbonyl (C=O) groups is 1. The van der Waals surface area contributed by atoms with Gasteiger partial charge in [0, 0.05) is 14.9 Å². The molecule has 5 aromatic rings. The number of benzene rings is 3. The molecule has 7 nitrogen and oxygen atoms in total. The van der Waals surface area contributed by atoms with Crippen molar-refractivity contribution in [2.75, 3.05) is 13.7 Å². The molecule has 11 heteroatoms. The number of hydrogen-bond acceptors (Lipinski definition) is 8. The largest absolute Gasteiger partial charge is 0.493 e. The lowest BCUT2D eigenvalue weighted by atomic mass is 9.97. The summed E-state index contributed by atoms with van der Waals surface area (Å²) in [7, 11) is 1.60. The number of fused-ring (bicyclic) bond motifs is 1. The lowest BCUT2D eigenvalue weighted by Gasteiger charge is -2.24. The van der Waals surface area contributed by atoms with Gasteiger partial charge in [-0.25, -0.2) is 9.79 Å². The summed E-state index contributed by atoms with van der Waals surface area (Å²) in [4.78, 5) is 33.9. The average molecular weight is 814 g/mol. The van der Waals surface area contributed by atoms with Crippen molar-refractivity contribution in [3.05, 3.63) is 139 Å². The van der Waals surface area contributed by atoms with Crippen molar-refractivity contribution < 1.29 is 19.0 Å². The second kappa shape index (κ2) is 13.9. The molecule has 1 atom stereocenters. The van der Waals surface area contributed by atoms with E-state index in [0.29, 0.717) is 38.7 Å². The lowest BCUT2D eigenvalue weighted by Crippen LogP contribution is -2.39. The fourth-order valence-corrected chi connectivity index (χ4v) is 7.88. The zero-order chi connectivity index (χ0) is 31.5. The van der Waals surface area contributed by atoms with E-state index in [0.717, 1.165) is 29.6 Å². The highest BCUT2D eigenvalue weighted by molar-refractivity contribution is 14.1. The number of halogens is 2. The van der Waals surface area contributed by atoms with E-state index in [9.17, 15) is 9.59 Å². The maximum atomic E-state index is 14.1. The van der Waals surface area contributed by atoms with Crippen LogP contribution < -0.4 is 24.4 Å². The molecule has 6 rings (SSSR count). The normalized spacial score (nSPS) is 14.6. The van der Waals surface area contributed by atoms with Crippen LogP contribution in [0.1, 0.15) is 34.5 Å². The molecule has 0 fully saturated rings. The van der Waals surface area contributed by atoms with E-state index >= 15 is 0 Å². The summed E-state index contributed by atoms with van der Waals surface area (Å²) in [6.07, 6.45) is 1.83. The Bertz CT molecular complexity index is 2070. The van der Waals surface area contributed by atoms with Gasteiger partial charge in [-0.15, -0.1) is 11.3 Å². The van der Waals surface area contributed by atoms with Gasteiger partial charge < -0.3 is 14.2 Å². The van der Waals surface area contributed by atoms with Crippen LogP contribution in [0.2, 0.25) is 0 Å². The molecule has 2 aromatic heterocycles. The number of thiazole rings is 1. The number of methoxy groups -OCH3 is 1. The van der Waals surface area contributed by atoms with Gasteiger partial charge in [0.2, 0.25) is 0 Å². The van der Waals surface area contributed by atoms with Gasteiger partial charge in [0.15, 0.2) is 16.3 Å². The molecule has 0 bridgehead atoms. The SMILES string of the molecule is CCOC(=O)C1=C(c2ccccc2)N=c2s/c(=C\c3cc(I)c(OCc4ccc(Br)cc4)c(OC)c3)c(=O)n2[C@H]1c1cccs1. The molecule has 0 amide bonds. The molecular formula is C34H26BrIN2O5S2. The molecule has 3 heterocycles. The molecule has 0 aliphatic carbocycles. The molecule has 0 saturated carbocycles. The Hall–Kier alpha value is -3.52. The quantitative estimate of drug-likeness (QED) is 0.119. The van der Waals surface area contributed by atoms with Gasteiger partial charge in [-0.2, -0.15) is 0 Å². The minimum atomic E-state index is -0.679. The van der Waals surface area contributed by atoms with E-state index in [1.165, 1.54) is 22.7 Å². The highest BCUT2D eigenvalue weighted by Gasteiger charge is 2.35. The molecule has 228 valence electrons. The van der Waals surface area contributed by atoms with Gasteiger partial charge in [-0.1, -0.05) is 75.8 Å². The van der Waals surface area contributed by atoms with E-state index in [-0.39, 0.29) is 12.2 Å². The fourth-order valence-electron chi connectivity index (χ4n) is 5.01.